The number of nitro groups is 1. The molecule has 0 spiro atoms. The molecule has 7 nitrogen and oxygen atoms in total. The van der Waals surface area contributed by atoms with Crippen LogP contribution in [0.1, 0.15) is 25.7 Å². The zero-order valence-electron chi connectivity index (χ0n) is 10.4. The number of non-ortho nitro benzene ring substituents is 1. The van der Waals surface area contributed by atoms with Crippen LogP contribution in [0.3, 0.4) is 0 Å². The minimum atomic E-state index is -4.04. The first kappa shape index (κ1) is 15.2. The number of sulfonamides is 1. The zero-order valence-corrected chi connectivity index (χ0v) is 12.0. The van der Waals surface area contributed by atoms with Gasteiger partial charge in [-0.3, -0.25) is 15.0 Å². The Morgan fingerprint density at radius 2 is 2.00 bits per heavy atom. The summed E-state index contributed by atoms with van der Waals surface area (Å²) in [5, 5.41) is 10.6. The predicted octanol–water partition coefficient (Wildman–Crippen LogP) is 2.40. The summed E-state index contributed by atoms with van der Waals surface area (Å²) in [4.78, 5) is 16.7. The van der Waals surface area contributed by atoms with E-state index in [0.717, 1.165) is 37.8 Å². The Kier molecular flexibility index (Phi) is 4.59. The molecule has 0 heterocycles. The maximum absolute atomic E-state index is 12.0. The van der Waals surface area contributed by atoms with E-state index in [1.807, 2.05) is 4.89 Å². The molecule has 0 atom stereocenters. The van der Waals surface area contributed by atoms with E-state index < -0.39 is 14.9 Å². The fourth-order valence-electron chi connectivity index (χ4n) is 1.99. The number of rotatable bonds is 5. The number of nitrogens with one attached hydrogen (secondary N) is 1. The van der Waals surface area contributed by atoms with Crippen molar-refractivity contribution in [3.05, 3.63) is 33.3 Å². The van der Waals surface area contributed by atoms with Gasteiger partial charge in [0.05, 0.1) is 16.0 Å². The molecule has 110 valence electrons. The van der Waals surface area contributed by atoms with Gasteiger partial charge in [-0.1, -0.05) is 29.3 Å². The molecule has 1 fully saturated rings. The topological polar surface area (TPSA) is 98.5 Å². The van der Waals surface area contributed by atoms with Crippen molar-refractivity contribution >= 4 is 27.3 Å². The molecule has 0 saturated heterocycles. The lowest BCUT2D eigenvalue weighted by Crippen LogP contribution is -2.28. The lowest BCUT2D eigenvalue weighted by Gasteiger charge is -2.12. The average molecular weight is 321 g/mol. The van der Waals surface area contributed by atoms with Crippen molar-refractivity contribution in [2.45, 2.75) is 36.7 Å². The van der Waals surface area contributed by atoms with Gasteiger partial charge in [-0.15, -0.1) is 0 Å². The Balaban J connectivity index is 2.19. The van der Waals surface area contributed by atoms with Gasteiger partial charge in [0.25, 0.3) is 15.7 Å². The van der Waals surface area contributed by atoms with E-state index in [4.69, 9.17) is 16.4 Å². The van der Waals surface area contributed by atoms with E-state index in [2.05, 4.69) is 0 Å². The second-order valence-electron chi connectivity index (χ2n) is 4.48. The number of hydrogen-bond donors (Lipinski definition) is 1. The van der Waals surface area contributed by atoms with Crippen molar-refractivity contribution in [1.29, 1.82) is 0 Å². The fraction of sp³-hybridized carbons (Fsp3) is 0.455. The smallest absolute Gasteiger partial charge is 0.270 e. The number of hydrogen-bond acceptors (Lipinski definition) is 5. The van der Waals surface area contributed by atoms with Gasteiger partial charge in [-0.2, -0.15) is 0 Å². The fourth-order valence-corrected chi connectivity index (χ4v) is 3.37. The van der Waals surface area contributed by atoms with Gasteiger partial charge in [0.15, 0.2) is 0 Å². The quantitative estimate of drug-likeness (QED) is 0.663. The molecule has 1 aliphatic rings. The van der Waals surface area contributed by atoms with Crippen LogP contribution in [0.2, 0.25) is 5.02 Å². The second-order valence-corrected chi connectivity index (χ2v) is 6.50. The van der Waals surface area contributed by atoms with Crippen LogP contribution in [0.4, 0.5) is 5.69 Å². The maximum atomic E-state index is 12.0. The highest BCUT2D eigenvalue weighted by atomic mass is 35.5. The molecule has 9 heteroatoms. The van der Waals surface area contributed by atoms with Crippen molar-refractivity contribution in [2.75, 3.05) is 0 Å². The van der Waals surface area contributed by atoms with E-state index >= 15 is 0 Å². The molecule has 0 amide bonds. The van der Waals surface area contributed by atoms with Crippen molar-refractivity contribution in [3.63, 3.8) is 0 Å². The Morgan fingerprint density at radius 3 is 2.60 bits per heavy atom. The molecule has 20 heavy (non-hydrogen) atoms. The molecular weight excluding hydrogens is 308 g/mol. The SMILES string of the molecule is O=[N+]([O-])c1ccc(Cl)c(S(=O)(=O)NOC2CCCC2)c1. The predicted molar refractivity (Wildman–Crippen MR) is 71.8 cm³/mol. The molecule has 0 unspecified atom stereocenters. The second kappa shape index (κ2) is 6.04. The van der Waals surface area contributed by atoms with Crippen molar-refractivity contribution in [2.24, 2.45) is 0 Å². The molecule has 1 aromatic carbocycles. The van der Waals surface area contributed by atoms with Crippen LogP contribution in [0.25, 0.3) is 0 Å². The van der Waals surface area contributed by atoms with Gasteiger partial charge in [0, 0.05) is 12.1 Å². The molecule has 2 rings (SSSR count). The van der Waals surface area contributed by atoms with E-state index in [1.54, 1.807) is 0 Å². The summed E-state index contributed by atoms with van der Waals surface area (Å²) in [6.07, 6.45) is 3.38. The molecule has 0 aromatic heterocycles. The maximum Gasteiger partial charge on any atom is 0.270 e. The summed E-state index contributed by atoms with van der Waals surface area (Å²) in [6, 6.07) is 3.21. The van der Waals surface area contributed by atoms with Crippen molar-refractivity contribution < 1.29 is 18.2 Å². The van der Waals surface area contributed by atoms with Crippen LogP contribution < -0.4 is 4.89 Å². The molecular formula is C11H13ClN2O5S. The number of nitro benzene ring substituents is 1. The van der Waals surface area contributed by atoms with E-state index in [0.29, 0.717) is 0 Å². The van der Waals surface area contributed by atoms with Gasteiger partial charge in [-0.25, -0.2) is 8.42 Å². The van der Waals surface area contributed by atoms with Crippen LogP contribution in [-0.4, -0.2) is 19.4 Å². The first-order valence-electron chi connectivity index (χ1n) is 6.01. The van der Waals surface area contributed by atoms with E-state index in [1.165, 1.54) is 6.07 Å². The molecule has 1 N–H and O–H groups in total. The summed E-state index contributed by atoms with van der Waals surface area (Å²) >= 11 is 5.78. The lowest BCUT2D eigenvalue weighted by molar-refractivity contribution is -0.385. The molecule has 1 aromatic rings. The van der Waals surface area contributed by atoms with Crippen molar-refractivity contribution in [1.82, 2.24) is 4.89 Å². The normalized spacial score (nSPS) is 16.4. The first-order valence-corrected chi connectivity index (χ1v) is 7.87. The lowest BCUT2D eigenvalue weighted by atomic mass is 10.3. The highest BCUT2D eigenvalue weighted by molar-refractivity contribution is 7.89. The largest absolute Gasteiger partial charge is 0.284 e. The summed E-state index contributed by atoms with van der Waals surface area (Å²) in [5.41, 5.74) is -0.351. The number of benzene rings is 1. The molecule has 0 radical (unpaired) electrons. The van der Waals surface area contributed by atoms with E-state index in [9.17, 15) is 18.5 Å². The standard InChI is InChI=1S/C11H13ClN2O5S/c12-10-6-5-8(14(15)16)7-11(10)20(17,18)13-19-9-3-1-2-4-9/h5-7,9,13H,1-4H2. The minimum Gasteiger partial charge on any atom is -0.284 e. The first-order chi connectivity index (χ1) is 9.40. The zero-order chi connectivity index (χ0) is 14.8. The Morgan fingerprint density at radius 1 is 1.35 bits per heavy atom. The van der Waals surface area contributed by atoms with Gasteiger partial charge >= 0.3 is 0 Å². The Bertz CT molecular complexity index is 613. The number of halogens is 1. The minimum absolute atomic E-state index is 0.0990. The average Bonchev–Trinajstić information content (AvgIpc) is 2.89. The van der Waals surface area contributed by atoms with Crippen LogP contribution in [0.15, 0.2) is 23.1 Å². The van der Waals surface area contributed by atoms with Gasteiger partial charge in [-0.05, 0) is 18.9 Å². The van der Waals surface area contributed by atoms with Crippen LogP contribution >= 0.6 is 11.6 Å². The van der Waals surface area contributed by atoms with Crippen molar-refractivity contribution in [3.8, 4) is 0 Å². The summed E-state index contributed by atoms with van der Waals surface area (Å²) < 4.78 is 24.1. The van der Waals surface area contributed by atoms with E-state index in [-0.39, 0.29) is 21.7 Å². The third-order valence-corrected chi connectivity index (χ3v) is 4.72. The highest BCUT2D eigenvalue weighted by Crippen LogP contribution is 2.27. The van der Waals surface area contributed by atoms with Crippen LogP contribution in [0.5, 0.6) is 0 Å². The third-order valence-electron chi connectivity index (χ3n) is 3.04. The highest BCUT2D eigenvalue weighted by Gasteiger charge is 2.24. The van der Waals surface area contributed by atoms with Crippen LogP contribution in [-0.2, 0) is 14.9 Å². The molecule has 0 bridgehead atoms. The monoisotopic (exact) mass is 320 g/mol. The van der Waals surface area contributed by atoms with Gasteiger partial charge in [0.1, 0.15) is 4.90 Å². The van der Waals surface area contributed by atoms with Gasteiger partial charge in [0.2, 0.25) is 0 Å². The summed E-state index contributed by atoms with van der Waals surface area (Å²) in [7, 11) is -4.04. The molecule has 1 saturated carbocycles. The third kappa shape index (κ3) is 3.45. The molecule has 0 aliphatic heterocycles. The molecule has 1 aliphatic carbocycles. The summed E-state index contributed by atoms with van der Waals surface area (Å²) in [6.45, 7) is 0. The summed E-state index contributed by atoms with van der Waals surface area (Å²) in [5.74, 6) is 0. The Hall–Kier alpha value is -1.22. The van der Waals surface area contributed by atoms with Gasteiger partial charge < -0.3 is 0 Å². The number of nitrogens with zero attached hydrogens (tertiary/aromatic N) is 1. The van der Waals surface area contributed by atoms with Crippen LogP contribution in [0, 0.1) is 10.1 Å². The Labute approximate surface area is 121 Å².